The van der Waals surface area contributed by atoms with Gasteiger partial charge in [-0.3, -0.25) is 4.79 Å². The van der Waals surface area contributed by atoms with E-state index >= 15 is 0 Å². The van der Waals surface area contributed by atoms with Crippen molar-refractivity contribution in [2.24, 2.45) is 0 Å². The van der Waals surface area contributed by atoms with Crippen molar-refractivity contribution in [1.29, 1.82) is 0 Å². The molecule has 1 rings (SSSR count). The van der Waals surface area contributed by atoms with Crippen molar-refractivity contribution in [1.82, 2.24) is 0 Å². The molecule has 18 heavy (non-hydrogen) atoms. The molecular weight excluding hydrogens is 228 g/mol. The highest BCUT2D eigenvalue weighted by molar-refractivity contribution is 5.88. The van der Waals surface area contributed by atoms with Crippen molar-refractivity contribution >= 4 is 5.78 Å². The zero-order valence-corrected chi connectivity index (χ0v) is 11.1. The Labute approximate surface area is 108 Å². The number of allylic oxidation sites excluding steroid dienone is 1. The standard InChI is InChI=1S/C15H20O3/c1-4-13(16)8-6-7-12-9-10-14(18-5-2)15(11-12)17-3/h4,9-11H,1,5-8H2,2-3H3. The number of hydrogen-bond acceptors (Lipinski definition) is 3. The third kappa shape index (κ3) is 4.24. The highest BCUT2D eigenvalue weighted by Crippen LogP contribution is 2.28. The molecule has 98 valence electrons. The van der Waals surface area contributed by atoms with Gasteiger partial charge in [0.05, 0.1) is 13.7 Å². The van der Waals surface area contributed by atoms with Crippen LogP contribution in [0.2, 0.25) is 0 Å². The number of ether oxygens (including phenoxy) is 2. The second-order valence-corrected chi connectivity index (χ2v) is 3.94. The third-order valence-electron chi connectivity index (χ3n) is 2.64. The number of hydrogen-bond donors (Lipinski definition) is 0. The molecule has 0 aliphatic heterocycles. The summed E-state index contributed by atoms with van der Waals surface area (Å²) in [4.78, 5) is 11.1. The van der Waals surface area contributed by atoms with Crippen molar-refractivity contribution in [2.45, 2.75) is 26.2 Å². The molecular formula is C15H20O3. The smallest absolute Gasteiger partial charge is 0.161 e. The first-order valence-corrected chi connectivity index (χ1v) is 6.16. The fourth-order valence-corrected chi connectivity index (χ4v) is 1.71. The zero-order chi connectivity index (χ0) is 13.4. The van der Waals surface area contributed by atoms with Crippen LogP contribution in [0.3, 0.4) is 0 Å². The highest BCUT2D eigenvalue weighted by Gasteiger charge is 2.05. The van der Waals surface area contributed by atoms with Gasteiger partial charge in [0.15, 0.2) is 17.3 Å². The zero-order valence-electron chi connectivity index (χ0n) is 11.1. The van der Waals surface area contributed by atoms with Gasteiger partial charge >= 0.3 is 0 Å². The number of carbonyl (C=O) groups excluding carboxylic acids is 1. The Morgan fingerprint density at radius 3 is 2.78 bits per heavy atom. The number of benzene rings is 1. The minimum atomic E-state index is 0.0906. The largest absolute Gasteiger partial charge is 0.493 e. The SMILES string of the molecule is C=CC(=O)CCCc1ccc(OCC)c(OC)c1. The predicted molar refractivity (Wildman–Crippen MR) is 72.3 cm³/mol. The lowest BCUT2D eigenvalue weighted by Crippen LogP contribution is -1.97. The fourth-order valence-electron chi connectivity index (χ4n) is 1.71. The van der Waals surface area contributed by atoms with Crippen LogP contribution in [0, 0.1) is 0 Å². The van der Waals surface area contributed by atoms with Crippen LogP contribution in [0.1, 0.15) is 25.3 Å². The first-order valence-electron chi connectivity index (χ1n) is 6.16. The first kappa shape index (κ1) is 14.3. The number of aryl methyl sites for hydroxylation is 1. The molecule has 1 aromatic carbocycles. The predicted octanol–water partition coefficient (Wildman–Crippen LogP) is 3.17. The van der Waals surface area contributed by atoms with Crippen LogP contribution in [0.25, 0.3) is 0 Å². The normalized spacial score (nSPS) is 9.89. The minimum absolute atomic E-state index is 0.0906. The van der Waals surface area contributed by atoms with Gasteiger partial charge in [0.25, 0.3) is 0 Å². The summed E-state index contributed by atoms with van der Waals surface area (Å²) in [5.74, 6) is 1.59. The van der Waals surface area contributed by atoms with Crippen molar-refractivity contribution < 1.29 is 14.3 Å². The van der Waals surface area contributed by atoms with Crippen LogP contribution in [-0.4, -0.2) is 19.5 Å². The van der Waals surface area contributed by atoms with Gasteiger partial charge in [-0.25, -0.2) is 0 Å². The van der Waals surface area contributed by atoms with E-state index in [-0.39, 0.29) is 5.78 Å². The van der Waals surface area contributed by atoms with Crippen molar-refractivity contribution in [2.75, 3.05) is 13.7 Å². The Kier molecular flexibility index (Phi) is 5.98. The summed E-state index contributed by atoms with van der Waals surface area (Å²) in [7, 11) is 1.63. The summed E-state index contributed by atoms with van der Waals surface area (Å²) in [5, 5.41) is 0. The van der Waals surface area contributed by atoms with E-state index in [1.807, 2.05) is 25.1 Å². The van der Waals surface area contributed by atoms with Crippen LogP contribution < -0.4 is 9.47 Å². The Hall–Kier alpha value is -1.77. The maximum absolute atomic E-state index is 11.1. The molecule has 0 heterocycles. The first-order chi connectivity index (χ1) is 8.71. The average Bonchev–Trinajstić information content (AvgIpc) is 2.40. The molecule has 0 saturated carbocycles. The summed E-state index contributed by atoms with van der Waals surface area (Å²) in [5.41, 5.74) is 1.15. The van der Waals surface area contributed by atoms with Gasteiger partial charge in [0, 0.05) is 6.42 Å². The molecule has 0 aliphatic carbocycles. The molecule has 0 atom stereocenters. The number of carbonyl (C=O) groups is 1. The summed E-state index contributed by atoms with van der Waals surface area (Å²) in [6, 6.07) is 5.88. The van der Waals surface area contributed by atoms with E-state index in [2.05, 4.69) is 6.58 Å². The van der Waals surface area contributed by atoms with Crippen molar-refractivity contribution in [3.05, 3.63) is 36.4 Å². The molecule has 0 spiro atoms. The number of rotatable bonds is 8. The van der Waals surface area contributed by atoms with Gasteiger partial charge in [0.2, 0.25) is 0 Å². The lowest BCUT2D eigenvalue weighted by atomic mass is 10.1. The van der Waals surface area contributed by atoms with E-state index in [1.54, 1.807) is 7.11 Å². The summed E-state index contributed by atoms with van der Waals surface area (Å²) in [6.45, 7) is 6.01. The summed E-state index contributed by atoms with van der Waals surface area (Å²) in [6.07, 6.45) is 3.59. The van der Waals surface area contributed by atoms with Gasteiger partial charge in [-0.05, 0) is 43.5 Å². The van der Waals surface area contributed by atoms with E-state index in [9.17, 15) is 4.79 Å². The average molecular weight is 248 g/mol. The van der Waals surface area contributed by atoms with E-state index in [0.717, 1.165) is 29.9 Å². The van der Waals surface area contributed by atoms with Crippen LogP contribution in [0.4, 0.5) is 0 Å². The third-order valence-corrected chi connectivity index (χ3v) is 2.64. The molecule has 0 fully saturated rings. The maximum Gasteiger partial charge on any atom is 0.161 e. The van der Waals surface area contributed by atoms with Gasteiger partial charge in [-0.1, -0.05) is 12.6 Å². The van der Waals surface area contributed by atoms with E-state index in [1.165, 1.54) is 6.08 Å². The van der Waals surface area contributed by atoms with Gasteiger partial charge in [-0.2, -0.15) is 0 Å². The molecule has 0 unspecified atom stereocenters. The Morgan fingerprint density at radius 2 is 2.17 bits per heavy atom. The van der Waals surface area contributed by atoms with Crippen LogP contribution in [-0.2, 0) is 11.2 Å². The second kappa shape index (κ2) is 7.54. The molecule has 3 nitrogen and oxygen atoms in total. The van der Waals surface area contributed by atoms with Crippen LogP contribution in [0.15, 0.2) is 30.9 Å². The minimum Gasteiger partial charge on any atom is -0.493 e. The summed E-state index contributed by atoms with van der Waals surface area (Å²) >= 11 is 0. The van der Waals surface area contributed by atoms with Gasteiger partial charge in [-0.15, -0.1) is 0 Å². The monoisotopic (exact) mass is 248 g/mol. The Morgan fingerprint density at radius 1 is 1.39 bits per heavy atom. The van der Waals surface area contributed by atoms with E-state index in [0.29, 0.717) is 13.0 Å². The van der Waals surface area contributed by atoms with Gasteiger partial charge in [0.1, 0.15) is 0 Å². The molecule has 0 saturated heterocycles. The second-order valence-electron chi connectivity index (χ2n) is 3.94. The molecule has 0 N–H and O–H groups in total. The molecule has 0 aliphatic rings. The molecule has 0 amide bonds. The molecule has 3 heteroatoms. The molecule has 0 aromatic heterocycles. The van der Waals surface area contributed by atoms with E-state index < -0.39 is 0 Å². The lowest BCUT2D eigenvalue weighted by molar-refractivity contribution is -0.114. The van der Waals surface area contributed by atoms with Crippen LogP contribution in [0.5, 0.6) is 11.5 Å². The number of ketones is 1. The van der Waals surface area contributed by atoms with Crippen LogP contribution >= 0.6 is 0 Å². The summed E-state index contributed by atoms with van der Waals surface area (Å²) < 4.78 is 10.7. The quantitative estimate of drug-likeness (QED) is 0.663. The molecule has 1 aromatic rings. The van der Waals surface area contributed by atoms with E-state index in [4.69, 9.17) is 9.47 Å². The van der Waals surface area contributed by atoms with Gasteiger partial charge < -0.3 is 9.47 Å². The number of methoxy groups -OCH3 is 1. The topological polar surface area (TPSA) is 35.5 Å². The van der Waals surface area contributed by atoms with Crippen molar-refractivity contribution in [3.63, 3.8) is 0 Å². The van der Waals surface area contributed by atoms with Crippen molar-refractivity contribution in [3.8, 4) is 11.5 Å². The highest BCUT2D eigenvalue weighted by atomic mass is 16.5. The molecule has 0 radical (unpaired) electrons. The molecule has 0 bridgehead atoms. The lowest BCUT2D eigenvalue weighted by Gasteiger charge is -2.10. The fraction of sp³-hybridized carbons (Fsp3) is 0.400. The maximum atomic E-state index is 11.1. The Balaban J connectivity index is 2.61. The Bertz CT molecular complexity index is 410.